The fraction of sp³-hybridized carbons (Fsp3) is 0.613. The summed E-state index contributed by atoms with van der Waals surface area (Å²) in [6, 6.07) is 7.42. The number of nitrogens with zero attached hydrogens (tertiary/aromatic N) is 2. The molecule has 2 atom stereocenters. The van der Waals surface area contributed by atoms with E-state index in [-0.39, 0.29) is 11.6 Å². The van der Waals surface area contributed by atoms with Crippen LogP contribution in [0.1, 0.15) is 80.7 Å². The Balaban J connectivity index is 1.45. The first-order valence-electron chi connectivity index (χ1n) is 14.2. The number of hydrogen-bond acceptors (Lipinski definition) is 3. The fourth-order valence-electron chi connectivity index (χ4n) is 7.19. The van der Waals surface area contributed by atoms with Crippen LogP contribution in [0.4, 0.5) is 23.2 Å². The van der Waals surface area contributed by atoms with E-state index >= 15 is 8.78 Å². The lowest BCUT2D eigenvalue weighted by molar-refractivity contribution is -0.0371. The average molecular weight is 532 g/mol. The molecule has 3 heterocycles. The fourth-order valence-corrected chi connectivity index (χ4v) is 7.19. The SMILES string of the molecule is Cc1ccc2c(c1)C[C@@H](C)N(CC(C)(F)F)C2c1c(F)cc(N2CCCC3(CCCNC3)CCC2)cc1F. The van der Waals surface area contributed by atoms with Crippen molar-refractivity contribution in [3.05, 3.63) is 64.2 Å². The summed E-state index contributed by atoms with van der Waals surface area (Å²) in [6.45, 7) is 7.83. The molecule has 0 saturated carbocycles. The van der Waals surface area contributed by atoms with Crippen molar-refractivity contribution >= 4 is 5.69 Å². The second-order valence-corrected chi connectivity index (χ2v) is 12.2. The molecular weight excluding hydrogens is 490 g/mol. The first kappa shape index (κ1) is 27.4. The maximum Gasteiger partial charge on any atom is 0.257 e. The maximum atomic E-state index is 15.9. The lowest BCUT2D eigenvalue weighted by atomic mass is 9.73. The standard InChI is InChI=1S/C31H41F4N3/c1-21-7-8-25-23(15-21)16-22(2)38(20-30(3,34)35)29(25)28-26(32)17-24(18-27(28)33)37-13-5-10-31(11-6-14-37)9-4-12-36-19-31/h7-8,15,17-18,22,29,36H,4-6,9-14,16,19-20H2,1-3H3/t22-,29?/m1/s1. The number of piperidine rings is 1. The van der Waals surface area contributed by atoms with Gasteiger partial charge in [0.05, 0.1) is 12.6 Å². The van der Waals surface area contributed by atoms with Crippen molar-refractivity contribution in [3.63, 3.8) is 0 Å². The third kappa shape index (κ3) is 5.74. The summed E-state index contributed by atoms with van der Waals surface area (Å²) in [5.41, 5.74) is 3.50. The number of aryl methyl sites for hydroxylation is 1. The van der Waals surface area contributed by atoms with Gasteiger partial charge in [-0.25, -0.2) is 17.6 Å². The Morgan fingerprint density at radius 2 is 1.66 bits per heavy atom. The molecule has 2 fully saturated rings. The van der Waals surface area contributed by atoms with Gasteiger partial charge in [0.15, 0.2) is 0 Å². The lowest BCUT2D eigenvalue weighted by Gasteiger charge is -2.43. The molecule has 2 aromatic rings. The van der Waals surface area contributed by atoms with Crippen LogP contribution in [0.3, 0.4) is 0 Å². The Kier molecular flexibility index (Phi) is 7.80. The largest absolute Gasteiger partial charge is 0.371 e. The second-order valence-electron chi connectivity index (χ2n) is 12.2. The van der Waals surface area contributed by atoms with Crippen molar-refractivity contribution in [1.82, 2.24) is 10.2 Å². The molecule has 0 amide bonds. The molecule has 0 aliphatic carbocycles. The molecular formula is C31H41F4N3. The molecule has 0 bridgehead atoms. The third-order valence-electron chi connectivity index (χ3n) is 9.00. The van der Waals surface area contributed by atoms with Gasteiger partial charge in [-0.1, -0.05) is 23.8 Å². The molecule has 3 nitrogen and oxygen atoms in total. The van der Waals surface area contributed by atoms with Crippen molar-refractivity contribution in [3.8, 4) is 0 Å². The van der Waals surface area contributed by atoms with Crippen LogP contribution in [0, 0.1) is 24.0 Å². The summed E-state index contributed by atoms with van der Waals surface area (Å²) >= 11 is 0. The van der Waals surface area contributed by atoms with Gasteiger partial charge in [0.2, 0.25) is 0 Å². The molecule has 38 heavy (non-hydrogen) atoms. The van der Waals surface area contributed by atoms with E-state index in [2.05, 4.69) is 10.2 Å². The second kappa shape index (κ2) is 10.8. The van der Waals surface area contributed by atoms with Crippen LogP contribution in [-0.2, 0) is 6.42 Å². The average Bonchev–Trinajstić information content (AvgIpc) is 2.82. The lowest BCUT2D eigenvalue weighted by Crippen LogP contribution is -2.48. The number of benzene rings is 2. The Bertz CT molecular complexity index is 1100. The van der Waals surface area contributed by atoms with Crippen LogP contribution in [0.15, 0.2) is 30.3 Å². The van der Waals surface area contributed by atoms with Crippen LogP contribution < -0.4 is 10.2 Å². The Labute approximate surface area is 224 Å². The van der Waals surface area contributed by atoms with Crippen molar-refractivity contribution in [1.29, 1.82) is 0 Å². The first-order chi connectivity index (χ1) is 18.1. The predicted molar refractivity (Wildman–Crippen MR) is 145 cm³/mol. The van der Waals surface area contributed by atoms with E-state index in [0.29, 0.717) is 23.1 Å². The molecule has 0 radical (unpaired) electrons. The van der Waals surface area contributed by atoms with Gasteiger partial charge in [-0.3, -0.25) is 4.90 Å². The van der Waals surface area contributed by atoms with E-state index in [0.717, 1.165) is 69.9 Å². The summed E-state index contributed by atoms with van der Waals surface area (Å²) < 4.78 is 60.4. The van der Waals surface area contributed by atoms with E-state index < -0.39 is 30.1 Å². The van der Waals surface area contributed by atoms with Gasteiger partial charge in [0.1, 0.15) is 11.6 Å². The van der Waals surface area contributed by atoms with E-state index in [1.165, 1.54) is 25.0 Å². The molecule has 2 saturated heterocycles. The van der Waals surface area contributed by atoms with Gasteiger partial charge in [0, 0.05) is 43.9 Å². The van der Waals surface area contributed by atoms with Crippen LogP contribution in [0.25, 0.3) is 0 Å². The molecule has 5 rings (SSSR count). The Morgan fingerprint density at radius 3 is 2.26 bits per heavy atom. The highest BCUT2D eigenvalue weighted by Gasteiger charge is 2.41. The van der Waals surface area contributed by atoms with Gasteiger partial charge >= 0.3 is 0 Å². The Hall–Kier alpha value is -2.12. The zero-order chi connectivity index (χ0) is 27.1. The molecule has 0 aromatic heterocycles. The van der Waals surface area contributed by atoms with Crippen LogP contribution in [0.2, 0.25) is 0 Å². The number of anilines is 1. The number of hydrogen-bond donors (Lipinski definition) is 1. The molecule has 208 valence electrons. The minimum Gasteiger partial charge on any atom is -0.371 e. The summed E-state index contributed by atoms with van der Waals surface area (Å²) in [5, 5.41) is 3.56. The van der Waals surface area contributed by atoms with Crippen LogP contribution >= 0.6 is 0 Å². The number of alkyl halides is 2. The summed E-state index contributed by atoms with van der Waals surface area (Å²) in [5.74, 6) is -4.31. The summed E-state index contributed by atoms with van der Waals surface area (Å²) in [6.07, 6.45) is 7.25. The maximum absolute atomic E-state index is 15.9. The van der Waals surface area contributed by atoms with E-state index in [4.69, 9.17) is 0 Å². The van der Waals surface area contributed by atoms with Gasteiger partial charge in [0.25, 0.3) is 5.92 Å². The van der Waals surface area contributed by atoms with Gasteiger partial charge in [-0.05, 0) is 94.0 Å². The van der Waals surface area contributed by atoms with Crippen molar-refractivity contribution < 1.29 is 17.6 Å². The van der Waals surface area contributed by atoms with Crippen molar-refractivity contribution in [2.75, 3.05) is 37.6 Å². The number of fused-ring (bicyclic) bond motifs is 1. The van der Waals surface area contributed by atoms with Gasteiger partial charge in [-0.2, -0.15) is 0 Å². The normalized spacial score (nSPS) is 24.7. The third-order valence-corrected chi connectivity index (χ3v) is 9.00. The van der Waals surface area contributed by atoms with E-state index in [1.807, 2.05) is 32.0 Å². The van der Waals surface area contributed by atoms with E-state index in [9.17, 15) is 8.78 Å². The summed E-state index contributed by atoms with van der Waals surface area (Å²) in [7, 11) is 0. The first-order valence-corrected chi connectivity index (χ1v) is 14.2. The van der Waals surface area contributed by atoms with Gasteiger partial charge in [-0.15, -0.1) is 0 Å². The van der Waals surface area contributed by atoms with Gasteiger partial charge < -0.3 is 10.2 Å². The summed E-state index contributed by atoms with van der Waals surface area (Å²) in [4.78, 5) is 3.67. The number of halogens is 4. The zero-order valence-corrected chi connectivity index (χ0v) is 22.9. The number of nitrogens with one attached hydrogen (secondary N) is 1. The number of rotatable bonds is 4. The van der Waals surface area contributed by atoms with E-state index in [1.54, 1.807) is 4.90 Å². The predicted octanol–water partition coefficient (Wildman–Crippen LogP) is 7.01. The van der Waals surface area contributed by atoms with Crippen molar-refractivity contribution in [2.45, 2.75) is 83.7 Å². The highest BCUT2D eigenvalue weighted by molar-refractivity contribution is 5.52. The zero-order valence-electron chi connectivity index (χ0n) is 22.9. The molecule has 1 unspecified atom stereocenters. The molecule has 7 heteroatoms. The smallest absolute Gasteiger partial charge is 0.257 e. The molecule has 1 spiro atoms. The highest BCUT2D eigenvalue weighted by Crippen LogP contribution is 2.43. The minimum atomic E-state index is -2.99. The van der Waals surface area contributed by atoms with Crippen LogP contribution in [-0.4, -0.2) is 49.6 Å². The van der Waals surface area contributed by atoms with Crippen LogP contribution in [0.5, 0.6) is 0 Å². The quantitative estimate of drug-likeness (QED) is 0.428. The topological polar surface area (TPSA) is 18.5 Å². The molecule has 3 aliphatic heterocycles. The monoisotopic (exact) mass is 531 g/mol. The molecule has 2 aromatic carbocycles. The minimum absolute atomic E-state index is 0.131. The Morgan fingerprint density at radius 1 is 1.00 bits per heavy atom. The van der Waals surface area contributed by atoms with Crippen molar-refractivity contribution in [2.24, 2.45) is 5.41 Å². The highest BCUT2D eigenvalue weighted by atomic mass is 19.3. The molecule has 3 aliphatic rings. The molecule has 1 N–H and O–H groups in total.